The molecule has 0 bridgehead atoms. The summed E-state index contributed by atoms with van der Waals surface area (Å²) < 4.78 is 5.96. The van der Waals surface area contributed by atoms with Gasteiger partial charge in [-0.2, -0.15) is 5.26 Å². The molecule has 35 heavy (non-hydrogen) atoms. The van der Waals surface area contributed by atoms with E-state index in [1.165, 1.54) is 0 Å². The number of hydrazine groups is 1. The van der Waals surface area contributed by atoms with Gasteiger partial charge in [0.05, 0.1) is 23.7 Å². The first-order valence-corrected chi connectivity index (χ1v) is 12.0. The van der Waals surface area contributed by atoms with Crippen LogP contribution in [0.15, 0.2) is 91.0 Å². The predicted octanol–water partition coefficient (Wildman–Crippen LogP) is 5.88. The number of rotatable bonds is 6. The molecule has 1 aliphatic rings. The molecule has 0 aliphatic carbocycles. The smallest absolute Gasteiger partial charge is 0.245 e. The van der Waals surface area contributed by atoms with Gasteiger partial charge in [0, 0.05) is 23.9 Å². The summed E-state index contributed by atoms with van der Waals surface area (Å²) in [4.78, 5) is 13.5. The molecule has 0 spiro atoms. The second-order valence-corrected chi connectivity index (χ2v) is 8.74. The summed E-state index contributed by atoms with van der Waals surface area (Å²) in [5.74, 6) is 0.811. The summed E-state index contributed by atoms with van der Waals surface area (Å²) in [6.45, 7) is 1.93. The van der Waals surface area contributed by atoms with Gasteiger partial charge in [-0.3, -0.25) is 14.8 Å². The third-order valence-electron chi connectivity index (χ3n) is 6.37. The molecular formula is C30H27N3O2. The number of hydrogen-bond donors (Lipinski definition) is 0. The average molecular weight is 462 g/mol. The fourth-order valence-electron chi connectivity index (χ4n) is 4.63. The fourth-order valence-corrected chi connectivity index (χ4v) is 4.63. The highest BCUT2D eigenvalue weighted by molar-refractivity contribution is 5.98. The van der Waals surface area contributed by atoms with Crippen molar-refractivity contribution < 1.29 is 9.53 Å². The maximum Gasteiger partial charge on any atom is 0.245 e. The molecule has 5 nitrogen and oxygen atoms in total. The number of fused-ring (bicyclic) bond motifs is 1. The van der Waals surface area contributed by atoms with Crippen LogP contribution in [0.2, 0.25) is 0 Å². The van der Waals surface area contributed by atoms with Crippen molar-refractivity contribution in [3.63, 3.8) is 0 Å². The minimum absolute atomic E-state index is 0.0540. The Hall–Kier alpha value is -4.30. The molecule has 1 aliphatic heterocycles. The van der Waals surface area contributed by atoms with Crippen molar-refractivity contribution >= 4 is 22.4 Å². The normalized spacial score (nSPS) is 13.5. The monoisotopic (exact) mass is 461 g/mol. The third-order valence-corrected chi connectivity index (χ3v) is 6.37. The lowest BCUT2D eigenvalue weighted by Gasteiger charge is -2.41. The molecule has 0 atom stereocenters. The van der Waals surface area contributed by atoms with Gasteiger partial charge in [0.15, 0.2) is 0 Å². The highest BCUT2D eigenvalue weighted by Crippen LogP contribution is 2.32. The number of anilines is 1. The van der Waals surface area contributed by atoms with Gasteiger partial charge in [0.1, 0.15) is 12.4 Å². The van der Waals surface area contributed by atoms with Crippen molar-refractivity contribution in [2.24, 2.45) is 0 Å². The molecule has 0 radical (unpaired) electrons. The summed E-state index contributed by atoms with van der Waals surface area (Å²) >= 11 is 0. The zero-order valence-electron chi connectivity index (χ0n) is 19.6. The SMILES string of the molecule is N#Cc1ccc(N2CCCCN2C(=O)Cc2cccc(OCc3ccccc3)c2)c2ccccc12. The van der Waals surface area contributed by atoms with Crippen molar-refractivity contribution in [1.29, 1.82) is 5.26 Å². The lowest BCUT2D eigenvalue weighted by molar-refractivity contribution is -0.131. The Kier molecular flexibility index (Phi) is 6.63. The first kappa shape index (κ1) is 22.5. The van der Waals surface area contributed by atoms with Gasteiger partial charge in [-0.25, -0.2) is 0 Å². The van der Waals surface area contributed by atoms with E-state index in [0.29, 0.717) is 25.1 Å². The lowest BCUT2D eigenvalue weighted by atomic mass is 10.0. The van der Waals surface area contributed by atoms with Crippen LogP contribution >= 0.6 is 0 Å². The molecule has 0 N–H and O–H groups in total. The number of amides is 1. The van der Waals surface area contributed by atoms with E-state index in [9.17, 15) is 10.1 Å². The van der Waals surface area contributed by atoms with Gasteiger partial charge >= 0.3 is 0 Å². The molecule has 1 fully saturated rings. The fraction of sp³-hybridized carbons (Fsp3) is 0.200. The first-order valence-electron chi connectivity index (χ1n) is 12.0. The molecule has 0 saturated carbocycles. The van der Waals surface area contributed by atoms with Crippen molar-refractivity contribution in [3.05, 3.63) is 108 Å². The second kappa shape index (κ2) is 10.3. The third kappa shape index (κ3) is 4.97. The number of nitriles is 1. The topological polar surface area (TPSA) is 56.6 Å². The van der Waals surface area contributed by atoms with Crippen LogP contribution < -0.4 is 9.75 Å². The van der Waals surface area contributed by atoms with E-state index in [2.05, 4.69) is 11.1 Å². The van der Waals surface area contributed by atoms with Crippen LogP contribution in [0.5, 0.6) is 5.75 Å². The number of carbonyl (C=O) groups is 1. The molecule has 5 rings (SSSR count). The average Bonchev–Trinajstić information content (AvgIpc) is 2.92. The van der Waals surface area contributed by atoms with Gasteiger partial charge in [0.2, 0.25) is 5.91 Å². The minimum atomic E-state index is 0.0540. The minimum Gasteiger partial charge on any atom is -0.489 e. The highest BCUT2D eigenvalue weighted by atomic mass is 16.5. The molecule has 0 aromatic heterocycles. The van der Waals surface area contributed by atoms with Crippen LogP contribution in [0.25, 0.3) is 10.8 Å². The molecule has 0 unspecified atom stereocenters. The maximum absolute atomic E-state index is 13.5. The number of ether oxygens (including phenoxy) is 1. The van der Waals surface area contributed by atoms with Gasteiger partial charge in [-0.15, -0.1) is 0 Å². The van der Waals surface area contributed by atoms with Crippen LogP contribution in [0.3, 0.4) is 0 Å². The van der Waals surface area contributed by atoms with Crippen molar-refractivity contribution in [3.8, 4) is 11.8 Å². The Bertz CT molecular complexity index is 1380. The Morgan fingerprint density at radius 2 is 1.57 bits per heavy atom. The largest absolute Gasteiger partial charge is 0.489 e. The second-order valence-electron chi connectivity index (χ2n) is 8.74. The zero-order chi connectivity index (χ0) is 24.0. The Balaban J connectivity index is 1.35. The highest BCUT2D eigenvalue weighted by Gasteiger charge is 2.26. The number of hydrogen-bond acceptors (Lipinski definition) is 4. The van der Waals surface area contributed by atoms with E-state index >= 15 is 0 Å². The van der Waals surface area contributed by atoms with E-state index in [4.69, 9.17) is 4.74 Å². The summed E-state index contributed by atoms with van der Waals surface area (Å²) in [6.07, 6.45) is 2.28. The number of benzene rings is 4. The molecule has 1 heterocycles. The quantitative estimate of drug-likeness (QED) is 0.360. The molecule has 5 heteroatoms. The van der Waals surface area contributed by atoms with E-state index in [1.807, 2.05) is 96.0 Å². The van der Waals surface area contributed by atoms with Crippen LogP contribution in [-0.4, -0.2) is 24.0 Å². The molecule has 4 aromatic rings. The van der Waals surface area contributed by atoms with Crippen molar-refractivity contribution in [1.82, 2.24) is 5.01 Å². The van der Waals surface area contributed by atoms with Gasteiger partial charge in [-0.05, 0) is 48.2 Å². The van der Waals surface area contributed by atoms with Crippen LogP contribution in [0.4, 0.5) is 5.69 Å². The van der Waals surface area contributed by atoms with E-state index in [-0.39, 0.29) is 5.91 Å². The summed E-state index contributed by atoms with van der Waals surface area (Å²) in [5.41, 5.74) is 3.64. The molecular weight excluding hydrogens is 434 g/mol. The number of nitrogens with zero attached hydrogens (tertiary/aromatic N) is 3. The van der Waals surface area contributed by atoms with Crippen molar-refractivity contribution in [2.45, 2.75) is 25.9 Å². The van der Waals surface area contributed by atoms with E-state index in [1.54, 1.807) is 0 Å². The lowest BCUT2D eigenvalue weighted by Crippen LogP contribution is -2.51. The van der Waals surface area contributed by atoms with Crippen molar-refractivity contribution in [2.75, 3.05) is 18.1 Å². The Labute approximate surface area is 205 Å². The molecule has 174 valence electrons. The van der Waals surface area contributed by atoms with Crippen LogP contribution in [0.1, 0.15) is 29.5 Å². The summed E-state index contributed by atoms with van der Waals surface area (Å²) in [5, 5.41) is 15.4. The van der Waals surface area contributed by atoms with Gasteiger partial charge < -0.3 is 4.74 Å². The van der Waals surface area contributed by atoms with Crippen LogP contribution in [0, 0.1) is 11.3 Å². The van der Waals surface area contributed by atoms with Crippen LogP contribution in [-0.2, 0) is 17.8 Å². The van der Waals surface area contributed by atoms with Gasteiger partial charge in [0.25, 0.3) is 0 Å². The summed E-state index contributed by atoms with van der Waals surface area (Å²) in [7, 11) is 0. The maximum atomic E-state index is 13.5. The Morgan fingerprint density at radius 3 is 2.40 bits per heavy atom. The van der Waals surface area contributed by atoms with Gasteiger partial charge in [-0.1, -0.05) is 66.7 Å². The van der Waals surface area contributed by atoms with E-state index < -0.39 is 0 Å². The Morgan fingerprint density at radius 1 is 0.829 bits per heavy atom. The molecule has 1 saturated heterocycles. The standard InChI is InChI=1S/C30H27N3O2/c31-21-25-15-16-29(28-14-5-4-13-27(25)28)32-17-6-7-18-33(32)30(34)20-24-11-8-12-26(19-24)35-22-23-9-2-1-3-10-23/h1-5,8-16,19H,6-7,17-18,20,22H2. The predicted molar refractivity (Wildman–Crippen MR) is 138 cm³/mol. The number of carbonyl (C=O) groups excluding carboxylic acids is 1. The first-order chi connectivity index (χ1) is 17.2. The molecule has 4 aromatic carbocycles. The zero-order valence-corrected chi connectivity index (χ0v) is 19.6. The summed E-state index contributed by atoms with van der Waals surface area (Å²) in [6, 6.07) is 31.8. The molecule has 1 amide bonds. The van der Waals surface area contributed by atoms with E-state index in [0.717, 1.165) is 52.7 Å².